The third-order valence-electron chi connectivity index (χ3n) is 4.06. The Balaban J connectivity index is 2.23. The average Bonchev–Trinajstić information content (AvgIpc) is 2.54. The highest BCUT2D eigenvalue weighted by Crippen LogP contribution is 2.24. The fourth-order valence-electron chi connectivity index (χ4n) is 2.35. The van der Waals surface area contributed by atoms with Gasteiger partial charge >= 0.3 is 5.82 Å². The number of nitro groups is 1. The number of aryl methyl sites for hydroxylation is 1. The van der Waals surface area contributed by atoms with E-state index in [9.17, 15) is 14.9 Å². The Morgan fingerprint density at radius 2 is 1.91 bits per heavy atom. The summed E-state index contributed by atoms with van der Waals surface area (Å²) in [6, 6.07) is 4.79. The summed E-state index contributed by atoms with van der Waals surface area (Å²) in [5, 5.41) is 10.9. The van der Waals surface area contributed by atoms with Crippen molar-refractivity contribution in [3.05, 3.63) is 62.3 Å². The van der Waals surface area contributed by atoms with E-state index >= 15 is 0 Å². The van der Waals surface area contributed by atoms with Gasteiger partial charge in [0.05, 0.1) is 0 Å². The van der Waals surface area contributed by atoms with Crippen molar-refractivity contribution >= 4 is 11.6 Å². The van der Waals surface area contributed by atoms with Crippen LogP contribution in [0.3, 0.4) is 0 Å². The van der Waals surface area contributed by atoms with Crippen molar-refractivity contribution in [2.45, 2.75) is 27.7 Å². The van der Waals surface area contributed by atoms with Crippen molar-refractivity contribution in [2.75, 3.05) is 6.61 Å². The van der Waals surface area contributed by atoms with Crippen LogP contribution in [0.2, 0.25) is 0 Å². The van der Waals surface area contributed by atoms with Crippen molar-refractivity contribution in [1.82, 2.24) is 4.98 Å². The molecule has 0 atom stereocenters. The van der Waals surface area contributed by atoms with Gasteiger partial charge in [-0.15, -0.1) is 0 Å². The molecule has 0 fully saturated rings. The molecule has 6 heteroatoms. The van der Waals surface area contributed by atoms with Crippen LogP contribution in [-0.4, -0.2) is 22.3 Å². The molecule has 0 saturated heterocycles. The van der Waals surface area contributed by atoms with Crippen LogP contribution in [0, 0.1) is 37.8 Å². The molecule has 0 spiro atoms. The van der Waals surface area contributed by atoms with Crippen LogP contribution in [0.1, 0.15) is 32.6 Å². The predicted molar refractivity (Wildman–Crippen MR) is 86.1 cm³/mol. The van der Waals surface area contributed by atoms with Gasteiger partial charge in [0, 0.05) is 5.56 Å². The van der Waals surface area contributed by atoms with Crippen molar-refractivity contribution in [2.24, 2.45) is 0 Å². The van der Waals surface area contributed by atoms with Crippen LogP contribution >= 0.6 is 0 Å². The zero-order valence-electron chi connectivity index (χ0n) is 13.5. The first-order valence-electron chi connectivity index (χ1n) is 7.15. The summed E-state index contributed by atoms with van der Waals surface area (Å²) in [4.78, 5) is 26.3. The molecule has 2 rings (SSSR count). The van der Waals surface area contributed by atoms with E-state index in [-0.39, 0.29) is 18.1 Å². The predicted octanol–water partition coefficient (Wildman–Crippen LogP) is 3.49. The second-order valence-corrected chi connectivity index (χ2v) is 5.41. The Bertz CT molecular complexity index is 784. The molecule has 6 nitrogen and oxygen atoms in total. The minimum Gasteiger partial charge on any atom is -0.477 e. The van der Waals surface area contributed by atoms with E-state index in [1.807, 2.05) is 33.8 Å². The molecule has 0 N–H and O–H groups in total. The van der Waals surface area contributed by atoms with Crippen LogP contribution < -0.4 is 4.74 Å². The monoisotopic (exact) mass is 314 g/mol. The maximum Gasteiger partial charge on any atom is 0.406 e. The maximum atomic E-state index is 12.4. The Kier molecular flexibility index (Phi) is 4.74. The summed E-state index contributed by atoms with van der Waals surface area (Å²) in [5.74, 6) is -0.621. The molecule has 0 aliphatic rings. The van der Waals surface area contributed by atoms with E-state index in [1.54, 1.807) is 0 Å². The maximum absolute atomic E-state index is 12.4. The smallest absolute Gasteiger partial charge is 0.406 e. The quantitative estimate of drug-likeness (QED) is 0.479. The van der Waals surface area contributed by atoms with Crippen LogP contribution in [0.15, 0.2) is 24.4 Å². The molecule has 0 unspecified atom stereocenters. The SMILES string of the molecule is Cc1cc(C(=O)COc2cccnc2[N+](=O)[O-])c(C)c(C)c1C. The summed E-state index contributed by atoms with van der Waals surface area (Å²) in [5.41, 5.74) is 4.74. The number of nitrogens with zero attached hydrogens (tertiary/aromatic N) is 2. The number of hydrogen-bond acceptors (Lipinski definition) is 5. The second-order valence-electron chi connectivity index (χ2n) is 5.41. The van der Waals surface area contributed by atoms with Gasteiger partial charge in [-0.05, 0) is 78.1 Å². The highest BCUT2D eigenvalue weighted by atomic mass is 16.6. The molecular weight excluding hydrogens is 296 g/mol. The van der Waals surface area contributed by atoms with E-state index in [0.29, 0.717) is 5.56 Å². The van der Waals surface area contributed by atoms with E-state index in [1.165, 1.54) is 18.3 Å². The molecule has 0 amide bonds. The van der Waals surface area contributed by atoms with Crippen molar-refractivity contribution in [3.8, 4) is 5.75 Å². The number of carbonyl (C=O) groups is 1. The number of ketones is 1. The van der Waals surface area contributed by atoms with Crippen LogP contribution in [0.25, 0.3) is 0 Å². The van der Waals surface area contributed by atoms with Crippen LogP contribution in [0.5, 0.6) is 5.75 Å². The van der Waals surface area contributed by atoms with Gasteiger partial charge in [0.25, 0.3) is 0 Å². The lowest BCUT2D eigenvalue weighted by Crippen LogP contribution is -2.15. The van der Waals surface area contributed by atoms with Crippen molar-refractivity contribution in [3.63, 3.8) is 0 Å². The van der Waals surface area contributed by atoms with Gasteiger partial charge in [-0.3, -0.25) is 4.79 Å². The number of rotatable bonds is 5. The summed E-state index contributed by atoms with van der Waals surface area (Å²) >= 11 is 0. The molecule has 1 aromatic carbocycles. The molecular formula is C17H18N2O4. The lowest BCUT2D eigenvalue weighted by Gasteiger charge is -2.13. The van der Waals surface area contributed by atoms with E-state index in [4.69, 9.17) is 4.74 Å². The first-order chi connectivity index (χ1) is 10.8. The molecule has 1 aromatic heterocycles. The molecule has 0 aliphatic heterocycles. The van der Waals surface area contributed by atoms with E-state index < -0.39 is 10.7 Å². The molecule has 23 heavy (non-hydrogen) atoms. The number of aromatic nitrogens is 1. The normalized spacial score (nSPS) is 10.4. The Morgan fingerprint density at radius 1 is 1.22 bits per heavy atom. The molecule has 1 heterocycles. The molecule has 0 aliphatic carbocycles. The van der Waals surface area contributed by atoms with Crippen molar-refractivity contribution in [1.29, 1.82) is 0 Å². The van der Waals surface area contributed by atoms with Gasteiger partial charge < -0.3 is 14.9 Å². The zero-order chi connectivity index (χ0) is 17.1. The second kappa shape index (κ2) is 6.56. The zero-order valence-corrected chi connectivity index (χ0v) is 13.5. The fourth-order valence-corrected chi connectivity index (χ4v) is 2.35. The van der Waals surface area contributed by atoms with Gasteiger partial charge in [-0.1, -0.05) is 0 Å². The summed E-state index contributed by atoms with van der Waals surface area (Å²) < 4.78 is 5.33. The first-order valence-corrected chi connectivity index (χ1v) is 7.15. The topological polar surface area (TPSA) is 82.3 Å². The van der Waals surface area contributed by atoms with Gasteiger partial charge in [0.1, 0.15) is 6.20 Å². The number of benzene rings is 1. The van der Waals surface area contributed by atoms with E-state index in [2.05, 4.69) is 4.98 Å². The number of Topliss-reactive ketones (excluding diaryl/α,β-unsaturated/α-hetero) is 1. The fraction of sp³-hybridized carbons (Fsp3) is 0.294. The molecule has 2 aromatic rings. The lowest BCUT2D eigenvalue weighted by atomic mass is 9.93. The largest absolute Gasteiger partial charge is 0.477 e. The minimum absolute atomic E-state index is 0.0101. The third kappa shape index (κ3) is 3.36. The number of ether oxygens (including phenoxy) is 1. The Morgan fingerprint density at radius 3 is 2.57 bits per heavy atom. The summed E-state index contributed by atoms with van der Waals surface area (Å²) in [6.45, 7) is 7.56. The minimum atomic E-state index is -0.634. The number of hydrogen-bond donors (Lipinski definition) is 0. The van der Waals surface area contributed by atoms with Crippen LogP contribution in [0.4, 0.5) is 5.82 Å². The third-order valence-corrected chi connectivity index (χ3v) is 4.06. The number of pyridine rings is 1. The average molecular weight is 314 g/mol. The Labute approximate surface area is 134 Å². The van der Waals surface area contributed by atoms with Gasteiger partial charge in [-0.2, -0.15) is 0 Å². The molecule has 0 saturated carbocycles. The lowest BCUT2D eigenvalue weighted by molar-refractivity contribution is -0.390. The first kappa shape index (κ1) is 16.6. The molecule has 0 bridgehead atoms. The van der Waals surface area contributed by atoms with Gasteiger partial charge in [0.15, 0.2) is 12.4 Å². The van der Waals surface area contributed by atoms with Crippen LogP contribution in [-0.2, 0) is 0 Å². The molecule has 120 valence electrons. The standard InChI is InChI=1S/C17H18N2O4/c1-10-8-14(13(4)12(3)11(10)2)15(20)9-23-16-6-5-7-18-17(16)19(21)22/h5-8H,9H2,1-4H3. The summed E-state index contributed by atoms with van der Waals surface area (Å²) in [6.07, 6.45) is 1.31. The summed E-state index contributed by atoms with van der Waals surface area (Å²) in [7, 11) is 0. The molecule has 0 radical (unpaired) electrons. The van der Waals surface area contributed by atoms with Crippen molar-refractivity contribution < 1.29 is 14.5 Å². The van der Waals surface area contributed by atoms with Gasteiger partial charge in [0.2, 0.25) is 5.75 Å². The highest BCUT2D eigenvalue weighted by Gasteiger charge is 2.19. The number of carbonyl (C=O) groups excluding carboxylic acids is 1. The Hall–Kier alpha value is -2.76. The highest BCUT2D eigenvalue weighted by molar-refractivity contribution is 5.99. The van der Waals surface area contributed by atoms with Gasteiger partial charge in [-0.25, -0.2) is 0 Å². The van der Waals surface area contributed by atoms with E-state index in [0.717, 1.165) is 22.3 Å².